The number of benzene rings is 1. The molecule has 1 saturated heterocycles. The first-order chi connectivity index (χ1) is 11.1. The Bertz CT molecular complexity index is 622. The van der Waals surface area contributed by atoms with Gasteiger partial charge >= 0.3 is 0 Å². The van der Waals surface area contributed by atoms with Gasteiger partial charge in [-0.05, 0) is 62.2 Å². The molecule has 1 aromatic heterocycles. The lowest BCUT2D eigenvalue weighted by Gasteiger charge is -2.18. The predicted molar refractivity (Wildman–Crippen MR) is 97.1 cm³/mol. The van der Waals surface area contributed by atoms with E-state index in [9.17, 15) is 0 Å². The Balaban J connectivity index is 1.57. The van der Waals surface area contributed by atoms with E-state index in [2.05, 4.69) is 53.1 Å². The van der Waals surface area contributed by atoms with Crippen LogP contribution in [0, 0.1) is 5.92 Å². The first-order valence-corrected chi connectivity index (χ1v) is 8.57. The van der Waals surface area contributed by atoms with E-state index in [-0.39, 0.29) is 0 Å². The number of anilines is 1. The SMILES string of the molecule is CN(C)Cc1ccc(N2CCC(Cc3ccc(Cl)cc3)C2)nc1. The molecule has 0 N–H and O–H groups in total. The number of aromatic nitrogens is 1. The summed E-state index contributed by atoms with van der Waals surface area (Å²) in [6.45, 7) is 3.12. The first-order valence-electron chi connectivity index (χ1n) is 8.19. The van der Waals surface area contributed by atoms with Crippen LogP contribution in [0.5, 0.6) is 0 Å². The summed E-state index contributed by atoms with van der Waals surface area (Å²) in [4.78, 5) is 9.21. The highest BCUT2D eigenvalue weighted by atomic mass is 35.5. The minimum absolute atomic E-state index is 0.694. The quantitative estimate of drug-likeness (QED) is 0.830. The molecule has 1 aliphatic heterocycles. The summed E-state index contributed by atoms with van der Waals surface area (Å²) >= 11 is 5.96. The first kappa shape index (κ1) is 16.3. The number of hydrogen-bond donors (Lipinski definition) is 0. The zero-order chi connectivity index (χ0) is 16.2. The zero-order valence-corrected chi connectivity index (χ0v) is 14.6. The fourth-order valence-corrected chi connectivity index (χ4v) is 3.35. The Hall–Kier alpha value is -1.58. The van der Waals surface area contributed by atoms with Gasteiger partial charge in [-0.15, -0.1) is 0 Å². The van der Waals surface area contributed by atoms with Crippen molar-refractivity contribution in [3.05, 3.63) is 58.7 Å². The third-order valence-corrected chi connectivity index (χ3v) is 4.61. The van der Waals surface area contributed by atoms with Crippen LogP contribution in [-0.2, 0) is 13.0 Å². The van der Waals surface area contributed by atoms with Crippen molar-refractivity contribution in [2.24, 2.45) is 5.92 Å². The van der Waals surface area contributed by atoms with Crippen LogP contribution in [0.2, 0.25) is 5.02 Å². The molecule has 1 fully saturated rings. The molecule has 122 valence electrons. The van der Waals surface area contributed by atoms with Gasteiger partial charge in [0, 0.05) is 30.9 Å². The molecule has 1 unspecified atom stereocenters. The van der Waals surface area contributed by atoms with Crippen LogP contribution >= 0.6 is 11.6 Å². The highest BCUT2D eigenvalue weighted by Gasteiger charge is 2.23. The second-order valence-electron chi connectivity index (χ2n) is 6.69. The van der Waals surface area contributed by atoms with Crippen LogP contribution in [0.4, 0.5) is 5.82 Å². The highest BCUT2D eigenvalue weighted by molar-refractivity contribution is 6.30. The Kier molecular flexibility index (Phi) is 5.19. The van der Waals surface area contributed by atoms with E-state index in [1.807, 2.05) is 18.3 Å². The molecule has 3 nitrogen and oxygen atoms in total. The van der Waals surface area contributed by atoms with Crippen molar-refractivity contribution in [2.45, 2.75) is 19.4 Å². The smallest absolute Gasteiger partial charge is 0.128 e. The second kappa shape index (κ2) is 7.33. The molecule has 0 amide bonds. The molecule has 0 bridgehead atoms. The van der Waals surface area contributed by atoms with Gasteiger partial charge in [0.1, 0.15) is 5.82 Å². The van der Waals surface area contributed by atoms with Crippen molar-refractivity contribution in [1.82, 2.24) is 9.88 Å². The molecule has 4 heteroatoms. The molecular weight excluding hydrogens is 306 g/mol. The van der Waals surface area contributed by atoms with E-state index < -0.39 is 0 Å². The van der Waals surface area contributed by atoms with Crippen LogP contribution in [0.25, 0.3) is 0 Å². The number of rotatable bonds is 5. The highest BCUT2D eigenvalue weighted by Crippen LogP contribution is 2.25. The Morgan fingerprint density at radius 1 is 1.13 bits per heavy atom. The lowest BCUT2D eigenvalue weighted by molar-refractivity contribution is 0.402. The molecule has 1 atom stereocenters. The number of nitrogens with zero attached hydrogens (tertiary/aromatic N) is 3. The van der Waals surface area contributed by atoms with Gasteiger partial charge in [-0.2, -0.15) is 0 Å². The predicted octanol–water partition coefficient (Wildman–Crippen LogP) is 3.87. The van der Waals surface area contributed by atoms with Crippen LogP contribution in [0.15, 0.2) is 42.6 Å². The van der Waals surface area contributed by atoms with Gasteiger partial charge < -0.3 is 9.80 Å². The summed E-state index contributed by atoms with van der Waals surface area (Å²) in [5.41, 5.74) is 2.63. The van der Waals surface area contributed by atoms with Crippen molar-refractivity contribution in [1.29, 1.82) is 0 Å². The summed E-state index contributed by atoms with van der Waals surface area (Å²) in [6.07, 6.45) is 4.35. The van der Waals surface area contributed by atoms with Crippen LogP contribution in [0.3, 0.4) is 0 Å². The van der Waals surface area contributed by atoms with E-state index >= 15 is 0 Å². The van der Waals surface area contributed by atoms with Crippen LogP contribution in [-0.4, -0.2) is 37.1 Å². The maximum Gasteiger partial charge on any atom is 0.128 e. The number of hydrogen-bond acceptors (Lipinski definition) is 3. The minimum Gasteiger partial charge on any atom is -0.356 e. The topological polar surface area (TPSA) is 19.4 Å². The fourth-order valence-electron chi connectivity index (χ4n) is 3.22. The van der Waals surface area contributed by atoms with Crippen LogP contribution < -0.4 is 4.90 Å². The van der Waals surface area contributed by atoms with Crippen molar-refractivity contribution in [2.75, 3.05) is 32.1 Å². The molecule has 23 heavy (non-hydrogen) atoms. The lowest BCUT2D eigenvalue weighted by Crippen LogP contribution is -2.21. The molecule has 1 aromatic carbocycles. The van der Waals surface area contributed by atoms with E-state index in [0.717, 1.165) is 36.9 Å². The summed E-state index contributed by atoms with van der Waals surface area (Å²) in [6, 6.07) is 12.6. The summed E-state index contributed by atoms with van der Waals surface area (Å²) in [5.74, 6) is 1.80. The van der Waals surface area contributed by atoms with Crippen LogP contribution in [0.1, 0.15) is 17.5 Å². The van der Waals surface area contributed by atoms with Gasteiger partial charge in [-0.3, -0.25) is 0 Å². The summed E-state index contributed by atoms with van der Waals surface area (Å²) in [7, 11) is 4.16. The molecule has 3 rings (SSSR count). The molecule has 0 aliphatic carbocycles. The molecular formula is C19H24ClN3. The zero-order valence-electron chi connectivity index (χ0n) is 13.9. The molecule has 0 radical (unpaired) electrons. The largest absolute Gasteiger partial charge is 0.356 e. The van der Waals surface area contributed by atoms with Gasteiger partial charge in [0.2, 0.25) is 0 Å². The third kappa shape index (κ3) is 4.46. The van der Waals surface area contributed by atoms with E-state index in [1.165, 1.54) is 17.5 Å². The monoisotopic (exact) mass is 329 g/mol. The number of pyridine rings is 1. The van der Waals surface area contributed by atoms with Crippen molar-refractivity contribution >= 4 is 17.4 Å². The normalized spacial score (nSPS) is 17.9. The second-order valence-corrected chi connectivity index (χ2v) is 7.13. The van der Waals surface area contributed by atoms with E-state index in [1.54, 1.807) is 0 Å². The number of halogens is 1. The Labute approximate surface area is 143 Å². The van der Waals surface area contributed by atoms with Crippen molar-refractivity contribution in [3.63, 3.8) is 0 Å². The molecule has 1 aliphatic rings. The standard InChI is InChI=1S/C19H24ClN3/c1-22(2)13-17-5-8-19(21-12-17)23-10-9-16(14-23)11-15-3-6-18(20)7-4-15/h3-8,12,16H,9-11,13-14H2,1-2H3. The minimum atomic E-state index is 0.694. The van der Waals surface area contributed by atoms with E-state index in [0.29, 0.717) is 5.92 Å². The summed E-state index contributed by atoms with van der Waals surface area (Å²) in [5, 5.41) is 0.809. The molecule has 2 aromatic rings. The van der Waals surface area contributed by atoms with Gasteiger partial charge in [-0.1, -0.05) is 29.8 Å². The fraction of sp³-hybridized carbons (Fsp3) is 0.421. The molecule has 0 saturated carbocycles. The maximum absolute atomic E-state index is 5.96. The van der Waals surface area contributed by atoms with Crippen molar-refractivity contribution in [3.8, 4) is 0 Å². The summed E-state index contributed by atoms with van der Waals surface area (Å²) < 4.78 is 0. The Morgan fingerprint density at radius 3 is 2.52 bits per heavy atom. The van der Waals surface area contributed by atoms with Gasteiger partial charge in [0.05, 0.1) is 0 Å². The lowest BCUT2D eigenvalue weighted by atomic mass is 9.99. The van der Waals surface area contributed by atoms with Gasteiger partial charge in [0.25, 0.3) is 0 Å². The average molecular weight is 330 g/mol. The molecule has 0 spiro atoms. The third-order valence-electron chi connectivity index (χ3n) is 4.36. The van der Waals surface area contributed by atoms with Gasteiger partial charge in [-0.25, -0.2) is 4.98 Å². The molecule has 2 heterocycles. The Morgan fingerprint density at radius 2 is 1.87 bits per heavy atom. The van der Waals surface area contributed by atoms with Gasteiger partial charge in [0.15, 0.2) is 0 Å². The van der Waals surface area contributed by atoms with Crippen molar-refractivity contribution < 1.29 is 0 Å². The maximum atomic E-state index is 5.96. The average Bonchev–Trinajstić information content (AvgIpc) is 2.98. The van der Waals surface area contributed by atoms with E-state index in [4.69, 9.17) is 11.6 Å².